The summed E-state index contributed by atoms with van der Waals surface area (Å²) in [5.74, 6) is 0. The van der Waals surface area contributed by atoms with Gasteiger partial charge in [0.05, 0.1) is 25.1 Å². The van der Waals surface area contributed by atoms with Gasteiger partial charge in [-0.25, -0.2) is 4.68 Å². The van der Waals surface area contributed by atoms with Crippen LogP contribution in [0.4, 0.5) is 0 Å². The Morgan fingerprint density at radius 2 is 2.15 bits per heavy atom. The lowest BCUT2D eigenvalue weighted by molar-refractivity contribution is 0.0483. The molecule has 20 heavy (non-hydrogen) atoms. The van der Waals surface area contributed by atoms with E-state index in [-0.39, 0.29) is 0 Å². The van der Waals surface area contributed by atoms with Crippen molar-refractivity contribution in [3.8, 4) is 5.69 Å². The number of para-hydroxylation sites is 1. The van der Waals surface area contributed by atoms with Crippen LogP contribution >= 0.6 is 0 Å². The van der Waals surface area contributed by atoms with Gasteiger partial charge in [-0.3, -0.25) is 0 Å². The molecule has 1 saturated heterocycles. The highest BCUT2D eigenvalue weighted by Gasteiger charge is 2.18. The zero-order valence-corrected chi connectivity index (χ0v) is 11.8. The number of rotatable bonds is 4. The molecule has 0 saturated carbocycles. The summed E-state index contributed by atoms with van der Waals surface area (Å²) in [4.78, 5) is 0. The van der Waals surface area contributed by atoms with Crippen LogP contribution in [0, 0.1) is 0 Å². The van der Waals surface area contributed by atoms with Gasteiger partial charge < -0.3 is 10.1 Å². The number of benzene rings is 1. The summed E-state index contributed by atoms with van der Waals surface area (Å²) in [6, 6.07) is 11.1. The maximum atomic E-state index is 5.57. The third-order valence-electron chi connectivity index (χ3n) is 3.65. The van der Waals surface area contributed by atoms with E-state index in [9.17, 15) is 0 Å². The van der Waals surface area contributed by atoms with Crippen LogP contribution in [0.3, 0.4) is 0 Å². The largest absolute Gasteiger partial charge is 0.378 e. The first-order chi connectivity index (χ1) is 9.81. The molecule has 1 aromatic heterocycles. The van der Waals surface area contributed by atoms with E-state index in [0.29, 0.717) is 12.1 Å². The van der Waals surface area contributed by atoms with Crippen LogP contribution in [0.5, 0.6) is 0 Å². The average Bonchev–Trinajstić information content (AvgIpc) is 2.95. The molecule has 0 bridgehead atoms. The number of aryl methyl sites for hydroxylation is 1. The van der Waals surface area contributed by atoms with E-state index in [1.807, 2.05) is 29.1 Å². The predicted molar refractivity (Wildman–Crippen MR) is 79.1 cm³/mol. The number of nitrogens with one attached hydrogen (secondary N) is 1. The minimum Gasteiger partial charge on any atom is -0.378 e. The highest BCUT2D eigenvalue weighted by atomic mass is 16.5. The molecule has 2 atom stereocenters. The fraction of sp³-hybridized carbons (Fsp3) is 0.438. The molecule has 106 valence electrons. The Hall–Kier alpha value is -1.65. The van der Waals surface area contributed by atoms with E-state index in [2.05, 4.69) is 35.7 Å². The van der Waals surface area contributed by atoms with Crippen molar-refractivity contribution in [3.63, 3.8) is 0 Å². The van der Waals surface area contributed by atoms with E-state index in [4.69, 9.17) is 4.74 Å². The van der Waals surface area contributed by atoms with Crippen LogP contribution in [0.25, 0.3) is 5.69 Å². The number of aromatic nitrogens is 2. The SMILES string of the molecule is CC1COCC(CCc2cnn(-c3ccccc3)c2)N1. The number of ether oxygens (including phenoxy) is 1. The summed E-state index contributed by atoms with van der Waals surface area (Å²) in [6.07, 6.45) is 6.19. The summed E-state index contributed by atoms with van der Waals surface area (Å²) in [6.45, 7) is 3.80. The topological polar surface area (TPSA) is 39.1 Å². The van der Waals surface area contributed by atoms with Gasteiger partial charge >= 0.3 is 0 Å². The van der Waals surface area contributed by atoms with Crippen molar-refractivity contribution in [2.75, 3.05) is 13.2 Å². The molecule has 1 fully saturated rings. The van der Waals surface area contributed by atoms with Gasteiger partial charge in [-0.1, -0.05) is 18.2 Å². The Labute approximate surface area is 119 Å². The Morgan fingerprint density at radius 1 is 1.30 bits per heavy atom. The lowest BCUT2D eigenvalue weighted by Gasteiger charge is -2.28. The van der Waals surface area contributed by atoms with Gasteiger partial charge in [-0.2, -0.15) is 5.10 Å². The predicted octanol–water partition coefficient (Wildman–Crippen LogP) is 2.18. The van der Waals surface area contributed by atoms with Gasteiger partial charge in [0.25, 0.3) is 0 Å². The molecule has 1 N–H and O–H groups in total. The molecule has 2 aromatic rings. The van der Waals surface area contributed by atoms with Gasteiger partial charge in [0, 0.05) is 18.3 Å². The van der Waals surface area contributed by atoms with Crippen molar-refractivity contribution in [3.05, 3.63) is 48.3 Å². The van der Waals surface area contributed by atoms with Crippen molar-refractivity contribution >= 4 is 0 Å². The molecule has 3 rings (SSSR count). The lowest BCUT2D eigenvalue weighted by Crippen LogP contribution is -2.47. The second-order valence-corrected chi connectivity index (χ2v) is 5.47. The summed E-state index contributed by atoms with van der Waals surface area (Å²) in [5, 5.41) is 8.00. The van der Waals surface area contributed by atoms with Crippen LogP contribution in [0.2, 0.25) is 0 Å². The molecule has 0 amide bonds. The normalized spacial score (nSPS) is 22.9. The summed E-state index contributed by atoms with van der Waals surface area (Å²) in [5.41, 5.74) is 2.38. The molecule has 0 radical (unpaired) electrons. The van der Waals surface area contributed by atoms with E-state index >= 15 is 0 Å². The zero-order valence-electron chi connectivity index (χ0n) is 11.8. The third kappa shape index (κ3) is 3.26. The molecule has 0 aliphatic carbocycles. The number of hydrogen-bond donors (Lipinski definition) is 1. The fourth-order valence-electron chi connectivity index (χ4n) is 2.60. The second-order valence-electron chi connectivity index (χ2n) is 5.47. The highest BCUT2D eigenvalue weighted by molar-refractivity contribution is 5.30. The summed E-state index contributed by atoms with van der Waals surface area (Å²) in [7, 11) is 0. The van der Waals surface area contributed by atoms with Crippen molar-refractivity contribution in [1.29, 1.82) is 0 Å². The number of nitrogens with zero attached hydrogens (tertiary/aromatic N) is 2. The molecule has 1 aromatic carbocycles. The molecule has 0 spiro atoms. The first kappa shape index (κ1) is 13.3. The fourth-order valence-corrected chi connectivity index (χ4v) is 2.60. The molecule has 2 heterocycles. The minimum atomic E-state index is 0.457. The smallest absolute Gasteiger partial charge is 0.0645 e. The summed E-state index contributed by atoms with van der Waals surface area (Å²) < 4.78 is 7.51. The van der Waals surface area contributed by atoms with Crippen LogP contribution < -0.4 is 5.32 Å². The Kier molecular flexibility index (Phi) is 4.14. The van der Waals surface area contributed by atoms with Crippen molar-refractivity contribution in [1.82, 2.24) is 15.1 Å². The first-order valence-electron chi connectivity index (χ1n) is 7.24. The second kappa shape index (κ2) is 6.20. The Balaban J connectivity index is 1.58. The minimum absolute atomic E-state index is 0.457. The zero-order chi connectivity index (χ0) is 13.8. The Morgan fingerprint density at radius 3 is 2.95 bits per heavy atom. The van der Waals surface area contributed by atoms with Crippen LogP contribution in [0.15, 0.2) is 42.7 Å². The standard InChI is InChI=1S/C16H21N3O/c1-13-11-20-12-15(18-13)8-7-14-9-17-19(10-14)16-5-3-2-4-6-16/h2-6,9-10,13,15,18H,7-8,11-12H2,1H3. The Bertz CT molecular complexity index is 538. The van der Waals surface area contributed by atoms with Crippen molar-refractivity contribution < 1.29 is 4.74 Å². The van der Waals surface area contributed by atoms with Gasteiger partial charge in [0.1, 0.15) is 0 Å². The van der Waals surface area contributed by atoms with Crippen molar-refractivity contribution in [2.24, 2.45) is 0 Å². The molecular formula is C16H21N3O. The number of morpholine rings is 1. The number of hydrogen-bond acceptors (Lipinski definition) is 3. The molecule has 1 aliphatic rings. The van der Waals surface area contributed by atoms with E-state index < -0.39 is 0 Å². The lowest BCUT2D eigenvalue weighted by atomic mass is 10.1. The molecule has 1 aliphatic heterocycles. The maximum Gasteiger partial charge on any atom is 0.0645 e. The molecule has 2 unspecified atom stereocenters. The van der Waals surface area contributed by atoms with Gasteiger partial charge in [0.2, 0.25) is 0 Å². The van der Waals surface area contributed by atoms with Gasteiger partial charge in [0.15, 0.2) is 0 Å². The summed E-state index contributed by atoms with van der Waals surface area (Å²) >= 11 is 0. The quantitative estimate of drug-likeness (QED) is 0.926. The van der Waals surface area contributed by atoms with Crippen LogP contribution in [-0.2, 0) is 11.2 Å². The third-order valence-corrected chi connectivity index (χ3v) is 3.65. The molecular weight excluding hydrogens is 250 g/mol. The highest BCUT2D eigenvalue weighted by Crippen LogP contribution is 2.11. The van der Waals surface area contributed by atoms with Crippen molar-refractivity contribution in [2.45, 2.75) is 31.8 Å². The van der Waals surface area contributed by atoms with Crippen LogP contribution in [-0.4, -0.2) is 35.1 Å². The van der Waals surface area contributed by atoms with Gasteiger partial charge in [-0.15, -0.1) is 0 Å². The van der Waals surface area contributed by atoms with E-state index in [1.54, 1.807) is 0 Å². The van der Waals surface area contributed by atoms with E-state index in [1.165, 1.54) is 5.56 Å². The molecule has 4 nitrogen and oxygen atoms in total. The monoisotopic (exact) mass is 271 g/mol. The first-order valence-corrected chi connectivity index (χ1v) is 7.24. The molecule has 4 heteroatoms. The van der Waals surface area contributed by atoms with Crippen LogP contribution in [0.1, 0.15) is 18.9 Å². The van der Waals surface area contributed by atoms with E-state index in [0.717, 1.165) is 31.7 Å². The average molecular weight is 271 g/mol. The maximum absolute atomic E-state index is 5.57. The van der Waals surface area contributed by atoms with Gasteiger partial charge in [-0.05, 0) is 37.5 Å².